The molecule has 0 saturated heterocycles. The Kier molecular flexibility index (Phi) is 40.4. The highest BCUT2D eigenvalue weighted by molar-refractivity contribution is 7.93. The minimum Gasteiger partial charge on any atom is -0.282 e. The fraction of sp³-hybridized carbons (Fsp3) is 0.172. The molecule has 48 nitrogen and oxygen atoms in total. The molecule has 130 heavy (non-hydrogen) atoms. The Balaban J connectivity index is 0.000000307. The van der Waals surface area contributed by atoms with Crippen LogP contribution in [0.2, 0.25) is 0 Å². The lowest BCUT2D eigenvalue weighted by atomic mass is 10.4. The van der Waals surface area contributed by atoms with Gasteiger partial charge in [0.25, 0.3) is 162 Å². The third kappa shape index (κ3) is 34.1. The Labute approximate surface area is 759 Å². The summed E-state index contributed by atoms with van der Waals surface area (Å²) < 4.78 is 519. The summed E-state index contributed by atoms with van der Waals surface area (Å²) in [6.07, 6.45) is 2.79. The molecule has 8 aromatic rings. The second-order valence-corrected chi connectivity index (χ2v) is 58.4. The summed E-state index contributed by atoms with van der Waals surface area (Å²) in [5, 5.41) is -0.646. The van der Waals surface area contributed by atoms with E-state index in [2.05, 4.69) is 0 Å². The Bertz CT molecular complexity index is 7260. The van der Waals surface area contributed by atoms with E-state index in [-0.39, 0.29) is 107 Å². The lowest BCUT2D eigenvalue weighted by Crippen LogP contribution is -2.18. The Morgan fingerprint density at radius 3 is 0.385 bits per heavy atom. The zero-order chi connectivity index (χ0) is 99.6. The van der Waals surface area contributed by atoms with Crippen molar-refractivity contribution in [3.8, 4) is 0 Å². The number of unbranched alkanes of at least 4 members (excludes halogenated alkanes) is 1. The van der Waals surface area contributed by atoms with Crippen LogP contribution in [0.5, 0.6) is 0 Å². The van der Waals surface area contributed by atoms with Crippen LogP contribution in [-0.2, 0) is 162 Å². The van der Waals surface area contributed by atoms with Gasteiger partial charge in [-0.25, -0.2) is 0 Å². The van der Waals surface area contributed by atoms with Gasteiger partial charge in [-0.15, -0.1) is 0 Å². The maximum Gasteiger partial charge on any atom is 0.296 e. The average Bonchev–Trinajstić information content (AvgIpc) is 0.791. The van der Waals surface area contributed by atoms with Gasteiger partial charge in [-0.3, -0.25) is 72.8 Å². The Morgan fingerprint density at radius 1 is 0.146 bits per heavy atom. The number of rotatable bonds is 38. The van der Waals surface area contributed by atoms with Crippen molar-refractivity contribution >= 4 is 273 Å². The van der Waals surface area contributed by atoms with Gasteiger partial charge in [-0.1, -0.05) is 166 Å². The van der Waals surface area contributed by atoms with Gasteiger partial charge in [0.15, 0.2) is 0 Å². The van der Waals surface area contributed by atoms with Crippen molar-refractivity contribution in [2.45, 2.75) is 97.6 Å². The molecule has 16 N–H and O–H groups in total. The fourth-order valence-corrected chi connectivity index (χ4v) is 42.0. The van der Waals surface area contributed by atoms with Gasteiger partial charge < -0.3 is 0 Å². The van der Waals surface area contributed by atoms with Gasteiger partial charge in [0.2, 0.25) is 0 Å². The topological polar surface area (TPSA) is 870 Å². The smallest absolute Gasteiger partial charge is 0.282 e. The van der Waals surface area contributed by atoms with Crippen LogP contribution in [0.1, 0.15) is 19.3 Å². The molecule has 0 aliphatic heterocycles. The van der Waals surface area contributed by atoms with Crippen LogP contribution in [0, 0.1) is 0 Å². The summed E-state index contributed by atoms with van der Waals surface area (Å²) in [5.41, 5.74) is 0. The van der Waals surface area contributed by atoms with Crippen molar-refractivity contribution in [3.05, 3.63) is 146 Å². The van der Waals surface area contributed by atoms with Gasteiger partial charge in [-0.05, 0) is 153 Å². The third-order valence-electron chi connectivity index (χ3n) is 15.7. The van der Waals surface area contributed by atoms with E-state index in [1.54, 1.807) is 0 Å². The van der Waals surface area contributed by atoms with Crippen LogP contribution < -0.4 is 42.4 Å². The zero-order valence-corrected chi connectivity index (χ0v) is 84.7. The van der Waals surface area contributed by atoms with Gasteiger partial charge in [0, 0.05) is 0 Å². The molecule has 0 spiro atoms. The molecule has 8 aromatic carbocycles. The first kappa shape index (κ1) is 116. The molecule has 72 heteroatoms. The predicted molar refractivity (Wildman–Crippen MR) is 480 cm³/mol. The van der Waals surface area contributed by atoms with Crippen molar-refractivity contribution in [2.24, 2.45) is 0 Å². The highest BCUT2D eigenvalue weighted by Crippen LogP contribution is 2.36. The van der Waals surface area contributed by atoms with E-state index in [4.69, 9.17) is 0 Å². The Morgan fingerprint density at radius 2 is 0.262 bits per heavy atom. The van der Waals surface area contributed by atoms with E-state index in [9.17, 15) is 208 Å². The summed E-state index contributed by atoms with van der Waals surface area (Å²) in [6, 6.07) is 25.8. The molecule has 0 radical (unpaired) electrons. The minimum absolute atomic E-state index is 0.00888. The number of hydrogen-bond acceptors (Lipinski definition) is 32. The van der Waals surface area contributed by atoms with Crippen LogP contribution in [0.15, 0.2) is 224 Å². The molecule has 0 amide bonds. The number of benzene rings is 8. The first-order valence-corrected chi connectivity index (χ1v) is 66.0. The molecule has 8 unspecified atom stereocenters. The molecule has 0 bridgehead atoms. The predicted octanol–water partition coefficient (Wildman–Crippen LogP) is 1.05. The molecule has 0 aliphatic carbocycles. The van der Waals surface area contributed by atoms with Crippen LogP contribution in [0.3, 0.4) is 0 Å². The minimum atomic E-state index is -5.08. The van der Waals surface area contributed by atoms with E-state index in [1.807, 2.05) is 0 Å². The second-order valence-electron chi connectivity index (χ2n) is 24.8. The summed E-state index contributed by atoms with van der Waals surface area (Å²) in [7, 11) is -82.7. The molecular weight excluding hydrogens is 2230 g/mol. The lowest BCUT2D eigenvalue weighted by molar-refractivity contribution is 0.467. The molecule has 8 atom stereocenters. The van der Waals surface area contributed by atoms with Crippen LogP contribution in [0.4, 0.5) is 0 Å². The molecule has 8 rings (SSSR count). The summed E-state index contributed by atoms with van der Waals surface area (Å²) in [4.78, 5) is -15.5. The van der Waals surface area contributed by atoms with E-state index >= 15 is 0 Å². The summed E-state index contributed by atoms with van der Waals surface area (Å²) >= 11 is 0. The quantitative estimate of drug-likeness (QED) is 0.0146. The van der Waals surface area contributed by atoms with E-state index < -0.39 is 275 Å². The SMILES string of the molecule is O=S(=O)(O)c1cccc(PCCCCPc2cccc(S(=O)(=O)O)c2S(=O)(=O)O)c1S(=O)(=O)O.O=S(=O)(O)c1cccc(PCCCPc2cccc(S(=O)(=O)O)c2S(=O)(=O)O)c1S(=O)(=O)O.O=S(=O)(O)c1cccc(PCCPc2cccc(S(=O)(=O)O)c2S(=O)(=O)O)c1S(=O)(=O)O.O=S(=O)(O)c1cccc(PCPc2cccc(S(=O)(=O)O)c2S(=O)(=O)O)c1S(=O)(=O)O. The normalized spacial score (nSPS) is 14.0. The summed E-state index contributed by atoms with van der Waals surface area (Å²) in [5.74, 6) is -0.0606. The highest BCUT2D eigenvalue weighted by Gasteiger charge is 2.36. The van der Waals surface area contributed by atoms with Crippen LogP contribution >= 0.6 is 68.6 Å². The van der Waals surface area contributed by atoms with Crippen molar-refractivity contribution in [2.75, 3.05) is 42.9 Å². The summed E-state index contributed by atoms with van der Waals surface area (Å²) in [6.45, 7) is 0. The van der Waals surface area contributed by atoms with Gasteiger partial charge in [0.05, 0.1) is 0 Å². The Hall–Kier alpha value is -4.24. The molecule has 0 aliphatic rings. The molecule has 0 fully saturated rings. The van der Waals surface area contributed by atoms with Crippen molar-refractivity contribution in [1.29, 1.82) is 0 Å². The maximum atomic E-state index is 11.7. The van der Waals surface area contributed by atoms with Gasteiger partial charge >= 0.3 is 0 Å². The van der Waals surface area contributed by atoms with Gasteiger partial charge in [0.1, 0.15) is 78.3 Å². The third-order valence-corrected chi connectivity index (χ3v) is 44.7. The molecular formula is C58H68O48P8S16. The van der Waals surface area contributed by atoms with Crippen LogP contribution in [0.25, 0.3) is 0 Å². The van der Waals surface area contributed by atoms with E-state index in [0.717, 1.165) is 72.8 Å². The molecule has 0 heterocycles. The van der Waals surface area contributed by atoms with Crippen LogP contribution in [-0.4, -0.2) is 250 Å². The standard InChI is InChI=1S/C16H20O12P2S4.C15H18O12P2S4.C14H16O12P2S4.C13H14O12P2S4/c17-31(18,19)13-7-3-5-11(15(13)33(23,24)25)29-9-1-2-10-30-12-6-4-8-14(32(20,21)22)16(12)34(26,27)28;16-30(17,18)12-6-1-4-10(14(12)32(22,23)24)28-8-3-9-29-11-5-2-7-13(31(19,20)21)15(11)33(25,26)27;15-29(16,17)11-5-1-3-9(13(11)31(21,22)23)27-7-8-28-10-4-2-6-12(30(18,19)20)14(10)32(24,25)26;14-28(15,16)10-5-1-3-8(12(10)30(20,21)22)26-7-27-9-4-2-6-11(29(17,18)19)13(9)31(23,24)25/h3-8,29-30H,1-2,9-10H2,(H,17,18,19)(H,20,21,22)(H,23,24,25)(H,26,27,28);1-2,4-7,28-29H,3,8-9H2,(H,16,17,18)(H,19,20,21)(H,22,23,24)(H,25,26,27);1-6,27-28H,7-8H2,(H,15,16,17)(H,18,19,20)(H,21,22,23)(H,24,25,26);1-6,26-27H,7H2,(H,14,15,16)(H,17,18,19)(H,20,21,22)(H,23,24,25). The number of hydrogen-bond donors (Lipinski definition) is 16. The van der Waals surface area contributed by atoms with Gasteiger partial charge in [-0.2, -0.15) is 135 Å². The first-order valence-electron chi connectivity index (χ1n) is 33.3. The monoisotopic (exact) mass is 2290 g/mol. The molecule has 0 saturated carbocycles. The maximum absolute atomic E-state index is 11.7. The average molecular weight is 2290 g/mol. The fourth-order valence-electron chi connectivity index (χ4n) is 10.9. The van der Waals surface area contributed by atoms with E-state index in [0.29, 0.717) is 31.6 Å². The lowest BCUT2D eigenvalue weighted by Gasteiger charge is -2.13. The van der Waals surface area contributed by atoms with Crippen molar-refractivity contribution < 1.29 is 208 Å². The molecule has 0 aromatic heterocycles. The largest absolute Gasteiger partial charge is 0.296 e. The highest BCUT2D eigenvalue weighted by atomic mass is 32.3. The molecule has 724 valence electrons. The van der Waals surface area contributed by atoms with Crippen molar-refractivity contribution in [3.63, 3.8) is 0 Å². The zero-order valence-electron chi connectivity index (χ0n) is 63.7. The van der Waals surface area contributed by atoms with Crippen molar-refractivity contribution in [1.82, 2.24) is 0 Å². The first-order chi connectivity index (χ1) is 58.8. The second kappa shape index (κ2) is 45.1. The van der Waals surface area contributed by atoms with E-state index in [1.165, 1.54) is 72.8 Å².